The zero-order chi connectivity index (χ0) is 12.5. The van der Waals surface area contributed by atoms with Crippen LogP contribution < -0.4 is 0 Å². The molecule has 1 N–H and O–H groups in total. The molecule has 1 nitrogen and oxygen atoms in total. The molecule has 2 fully saturated rings. The van der Waals surface area contributed by atoms with E-state index in [0.717, 1.165) is 29.7 Å². The normalized spacial score (nSPS) is 35.5. The fourth-order valence-electron chi connectivity index (χ4n) is 3.67. The number of fused-ring (bicyclic) bond motifs is 1. The predicted octanol–water partition coefficient (Wildman–Crippen LogP) is 4.17. The highest BCUT2D eigenvalue weighted by Gasteiger charge is 2.50. The van der Waals surface area contributed by atoms with Crippen molar-refractivity contribution in [3.05, 3.63) is 11.6 Å². The third-order valence-electron chi connectivity index (χ3n) is 5.49. The topological polar surface area (TPSA) is 20.2 Å². The van der Waals surface area contributed by atoms with Crippen LogP contribution in [0.4, 0.5) is 0 Å². The van der Waals surface area contributed by atoms with Crippen molar-refractivity contribution >= 4 is 0 Å². The van der Waals surface area contributed by atoms with Crippen molar-refractivity contribution < 1.29 is 5.11 Å². The molecule has 2 aliphatic carbocycles. The van der Waals surface area contributed by atoms with Crippen LogP contribution in [0.1, 0.15) is 59.3 Å². The van der Waals surface area contributed by atoms with Gasteiger partial charge in [0.1, 0.15) is 0 Å². The molecule has 0 radical (unpaired) electrons. The first-order valence-corrected chi connectivity index (χ1v) is 7.35. The average Bonchev–Trinajstić information content (AvgIpc) is 2.95. The van der Waals surface area contributed by atoms with Crippen molar-refractivity contribution in [3.63, 3.8) is 0 Å². The molecule has 2 rings (SSSR count). The third kappa shape index (κ3) is 2.93. The summed E-state index contributed by atoms with van der Waals surface area (Å²) in [6, 6.07) is 0. The lowest BCUT2D eigenvalue weighted by atomic mass is 9.70. The van der Waals surface area contributed by atoms with E-state index in [1.165, 1.54) is 32.1 Å². The first kappa shape index (κ1) is 13.1. The first-order chi connectivity index (χ1) is 8.09. The standard InChI is InChI=1S/C16H28O/c1-4-16(3,7-5-6-12(2)11-17)15-9-13-8-14(13)10-15/h6,13-15,17H,4-5,7-11H2,1-3H3/b12-6-/t13-,14?,15?,16?/m1/s1. The van der Waals surface area contributed by atoms with Gasteiger partial charge in [-0.05, 0) is 62.2 Å². The van der Waals surface area contributed by atoms with E-state index in [1.54, 1.807) is 0 Å². The Morgan fingerprint density at radius 1 is 1.29 bits per heavy atom. The smallest absolute Gasteiger partial charge is 0.0639 e. The Kier molecular flexibility index (Phi) is 3.97. The summed E-state index contributed by atoms with van der Waals surface area (Å²) in [6.07, 6.45) is 10.5. The summed E-state index contributed by atoms with van der Waals surface area (Å²) in [7, 11) is 0. The van der Waals surface area contributed by atoms with Gasteiger partial charge in [-0.2, -0.15) is 0 Å². The summed E-state index contributed by atoms with van der Waals surface area (Å²) in [5.41, 5.74) is 1.66. The molecule has 2 aliphatic rings. The Morgan fingerprint density at radius 2 is 1.94 bits per heavy atom. The van der Waals surface area contributed by atoms with E-state index < -0.39 is 0 Å². The summed E-state index contributed by atoms with van der Waals surface area (Å²) < 4.78 is 0. The van der Waals surface area contributed by atoms with E-state index in [-0.39, 0.29) is 6.61 Å². The van der Waals surface area contributed by atoms with Gasteiger partial charge in [0.15, 0.2) is 0 Å². The van der Waals surface area contributed by atoms with Crippen LogP contribution in [0.3, 0.4) is 0 Å². The van der Waals surface area contributed by atoms with E-state index in [4.69, 9.17) is 5.11 Å². The van der Waals surface area contributed by atoms with Crippen molar-refractivity contribution in [2.45, 2.75) is 59.3 Å². The summed E-state index contributed by atoms with van der Waals surface area (Å²) in [5.74, 6) is 3.17. The molecule has 0 aromatic heterocycles. The second-order valence-electron chi connectivity index (χ2n) is 6.68. The van der Waals surface area contributed by atoms with Crippen molar-refractivity contribution in [2.75, 3.05) is 6.61 Å². The number of allylic oxidation sites excluding steroid dienone is 1. The maximum Gasteiger partial charge on any atom is 0.0639 e. The van der Waals surface area contributed by atoms with Gasteiger partial charge in [-0.1, -0.05) is 31.9 Å². The minimum absolute atomic E-state index is 0.219. The molecular weight excluding hydrogens is 208 g/mol. The van der Waals surface area contributed by atoms with E-state index in [1.807, 2.05) is 6.92 Å². The van der Waals surface area contributed by atoms with Crippen LogP contribution in [0.5, 0.6) is 0 Å². The number of aliphatic hydroxyl groups is 1. The summed E-state index contributed by atoms with van der Waals surface area (Å²) >= 11 is 0. The lowest BCUT2D eigenvalue weighted by molar-refractivity contribution is 0.153. The number of hydrogen-bond donors (Lipinski definition) is 1. The van der Waals surface area contributed by atoms with E-state index in [9.17, 15) is 0 Å². The number of hydrogen-bond acceptors (Lipinski definition) is 1. The van der Waals surface area contributed by atoms with Gasteiger partial charge in [0.25, 0.3) is 0 Å². The quantitative estimate of drug-likeness (QED) is 0.686. The molecule has 98 valence electrons. The molecule has 0 spiro atoms. The Balaban J connectivity index is 1.85. The van der Waals surface area contributed by atoms with E-state index >= 15 is 0 Å². The molecule has 17 heavy (non-hydrogen) atoms. The van der Waals surface area contributed by atoms with E-state index in [2.05, 4.69) is 19.9 Å². The highest BCUT2D eigenvalue weighted by atomic mass is 16.3. The van der Waals surface area contributed by atoms with Gasteiger partial charge < -0.3 is 5.11 Å². The van der Waals surface area contributed by atoms with Crippen LogP contribution in [0.2, 0.25) is 0 Å². The average molecular weight is 236 g/mol. The monoisotopic (exact) mass is 236 g/mol. The van der Waals surface area contributed by atoms with Crippen molar-refractivity contribution in [1.29, 1.82) is 0 Å². The lowest BCUT2D eigenvalue weighted by Crippen LogP contribution is -2.25. The molecule has 3 unspecified atom stereocenters. The Bertz CT molecular complexity index is 284. The Hall–Kier alpha value is -0.300. The molecule has 4 atom stereocenters. The van der Waals surface area contributed by atoms with Gasteiger partial charge in [0.05, 0.1) is 6.61 Å². The van der Waals surface area contributed by atoms with Crippen LogP contribution >= 0.6 is 0 Å². The molecule has 0 saturated heterocycles. The van der Waals surface area contributed by atoms with Crippen LogP contribution in [0.15, 0.2) is 11.6 Å². The van der Waals surface area contributed by atoms with Gasteiger partial charge >= 0.3 is 0 Å². The molecule has 0 aromatic carbocycles. The van der Waals surface area contributed by atoms with E-state index in [0.29, 0.717) is 5.41 Å². The largest absolute Gasteiger partial charge is 0.392 e. The highest BCUT2D eigenvalue weighted by molar-refractivity contribution is 5.02. The second-order valence-corrected chi connectivity index (χ2v) is 6.68. The van der Waals surface area contributed by atoms with Gasteiger partial charge in [0.2, 0.25) is 0 Å². The molecule has 0 bridgehead atoms. The third-order valence-corrected chi connectivity index (χ3v) is 5.49. The Morgan fingerprint density at radius 3 is 2.47 bits per heavy atom. The van der Waals surface area contributed by atoms with Crippen molar-refractivity contribution in [1.82, 2.24) is 0 Å². The SMILES string of the molecule is CCC(C)(CC/C=C(/C)CO)C1CC2C[C@@H]2C1. The molecular formula is C16H28O. The van der Waals surface area contributed by atoms with Crippen LogP contribution in [0.25, 0.3) is 0 Å². The van der Waals surface area contributed by atoms with Crippen LogP contribution in [-0.4, -0.2) is 11.7 Å². The minimum Gasteiger partial charge on any atom is -0.392 e. The van der Waals surface area contributed by atoms with Gasteiger partial charge in [0, 0.05) is 0 Å². The molecule has 0 aliphatic heterocycles. The minimum atomic E-state index is 0.219. The molecule has 1 heteroatoms. The number of rotatable bonds is 6. The molecule has 0 heterocycles. The highest BCUT2D eigenvalue weighted by Crippen LogP contribution is 2.60. The summed E-state index contributed by atoms with van der Waals surface area (Å²) in [4.78, 5) is 0. The van der Waals surface area contributed by atoms with Crippen molar-refractivity contribution in [2.24, 2.45) is 23.2 Å². The predicted molar refractivity (Wildman–Crippen MR) is 72.8 cm³/mol. The Labute approximate surface area is 106 Å². The van der Waals surface area contributed by atoms with Crippen molar-refractivity contribution in [3.8, 4) is 0 Å². The maximum absolute atomic E-state index is 9.01. The van der Waals surface area contributed by atoms with Gasteiger partial charge in [-0.25, -0.2) is 0 Å². The zero-order valence-corrected chi connectivity index (χ0v) is 11.7. The fourth-order valence-corrected chi connectivity index (χ4v) is 3.67. The fraction of sp³-hybridized carbons (Fsp3) is 0.875. The second kappa shape index (κ2) is 5.14. The van der Waals surface area contributed by atoms with Gasteiger partial charge in [-0.3, -0.25) is 0 Å². The molecule has 2 saturated carbocycles. The molecule has 0 amide bonds. The molecule has 0 aromatic rings. The zero-order valence-electron chi connectivity index (χ0n) is 11.7. The van der Waals surface area contributed by atoms with Gasteiger partial charge in [-0.15, -0.1) is 0 Å². The number of aliphatic hydroxyl groups excluding tert-OH is 1. The summed E-state index contributed by atoms with van der Waals surface area (Å²) in [6.45, 7) is 7.08. The maximum atomic E-state index is 9.01. The lowest BCUT2D eigenvalue weighted by Gasteiger charge is -2.36. The first-order valence-electron chi connectivity index (χ1n) is 7.35. The van der Waals surface area contributed by atoms with Crippen LogP contribution in [0, 0.1) is 23.2 Å². The summed E-state index contributed by atoms with van der Waals surface area (Å²) in [5, 5.41) is 9.01. The van der Waals surface area contributed by atoms with Crippen LogP contribution in [-0.2, 0) is 0 Å².